The van der Waals surface area contributed by atoms with Crippen LogP contribution in [0.5, 0.6) is 0 Å². The van der Waals surface area contributed by atoms with Crippen molar-refractivity contribution in [1.29, 1.82) is 0 Å². The van der Waals surface area contributed by atoms with Crippen LogP contribution in [0.4, 0.5) is 0 Å². The number of H-pyrrole nitrogens is 1. The fraction of sp³-hybridized carbons (Fsp3) is 0.200. The number of aromatic amines is 1. The van der Waals surface area contributed by atoms with E-state index in [-0.39, 0.29) is 0 Å². The lowest BCUT2D eigenvalue weighted by atomic mass is 10.1. The number of pyridine rings is 1. The number of hydrogen-bond donors (Lipinski definition) is 2. The largest absolute Gasteiger partial charge is 0.330 e. The van der Waals surface area contributed by atoms with Crippen molar-refractivity contribution < 1.29 is 0 Å². The molecule has 2 aromatic rings. The van der Waals surface area contributed by atoms with Crippen LogP contribution in [0.2, 0.25) is 0 Å². The van der Waals surface area contributed by atoms with E-state index >= 15 is 0 Å². The quantitative estimate of drug-likeness (QED) is 0.754. The molecule has 2 rings (SSSR count). The molecule has 0 bridgehead atoms. The first-order valence-corrected chi connectivity index (χ1v) is 4.54. The molecule has 4 nitrogen and oxygen atoms in total. The molecule has 0 radical (unpaired) electrons. The zero-order valence-electron chi connectivity index (χ0n) is 7.77. The van der Waals surface area contributed by atoms with Gasteiger partial charge in [-0.3, -0.25) is 10.1 Å². The third kappa shape index (κ3) is 1.65. The van der Waals surface area contributed by atoms with Gasteiger partial charge in [-0.1, -0.05) is 0 Å². The van der Waals surface area contributed by atoms with Crippen LogP contribution in [0.25, 0.3) is 11.3 Å². The highest BCUT2D eigenvalue weighted by Gasteiger charge is 2.05. The third-order valence-electron chi connectivity index (χ3n) is 2.10. The number of nitrogens with zero attached hydrogens (tertiary/aromatic N) is 2. The molecule has 0 aliphatic heterocycles. The van der Waals surface area contributed by atoms with E-state index < -0.39 is 0 Å². The SMILES string of the molecule is NCCc1cn[nH]c1-c1ccncc1. The molecule has 4 heteroatoms. The fourth-order valence-electron chi connectivity index (χ4n) is 1.42. The lowest BCUT2D eigenvalue weighted by molar-refractivity contribution is 0.971. The number of aromatic nitrogens is 3. The smallest absolute Gasteiger partial charge is 0.0683 e. The van der Waals surface area contributed by atoms with Crippen molar-refractivity contribution in [3.63, 3.8) is 0 Å². The summed E-state index contributed by atoms with van der Waals surface area (Å²) >= 11 is 0. The van der Waals surface area contributed by atoms with Crippen LogP contribution in [0.1, 0.15) is 5.56 Å². The Morgan fingerprint density at radius 2 is 2.07 bits per heavy atom. The van der Waals surface area contributed by atoms with Crippen molar-refractivity contribution in [3.8, 4) is 11.3 Å². The molecule has 0 aromatic carbocycles. The van der Waals surface area contributed by atoms with Crippen LogP contribution in [-0.2, 0) is 6.42 Å². The molecule has 0 spiro atoms. The topological polar surface area (TPSA) is 67.6 Å². The molecule has 2 aromatic heterocycles. The molecule has 3 N–H and O–H groups in total. The number of hydrogen-bond acceptors (Lipinski definition) is 3. The van der Waals surface area contributed by atoms with Gasteiger partial charge in [-0.2, -0.15) is 5.10 Å². The number of nitrogens with two attached hydrogens (primary N) is 1. The molecule has 0 aliphatic carbocycles. The second-order valence-electron chi connectivity index (χ2n) is 3.04. The zero-order chi connectivity index (χ0) is 9.80. The summed E-state index contributed by atoms with van der Waals surface area (Å²) in [5.41, 5.74) is 8.80. The highest BCUT2D eigenvalue weighted by molar-refractivity contribution is 5.61. The van der Waals surface area contributed by atoms with Gasteiger partial charge in [0, 0.05) is 18.0 Å². The molecule has 0 saturated carbocycles. The van der Waals surface area contributed by atoms with Gasteiger partial charge in [0.2, 0.25) is 0 Å². The minimum atomic E-state index is 0.637. The minimum absolute atomic E-state index is 0.637. The zero-order valence-corrected chi connectivity index (χ0v) is 7.77. The number of rotatable bonds is 3. The maximum absolute atomic E-state index is 5.51. The Bertz CT molecular complexity index is 394. The lowest BCUT2D eigenvalue weighted by Crippen LogP contribution is -2.02. The van der Waals surface area contributed by atoms with Gasteiger partial charge < -0.3 is 5.73 Å². The van der Waals surface area contributed by atoms with Crippen molar-refractivity contribution in [3.05, 3.63) is 36.3 Å². The van der Waals surface area contributed by atoms with Crippen LogP contribution in [0.3, 0.4) is 0 Å². The molecule has 0 saturated heterocycles. The fourth-order valence-corrected chi connectivity index (χ4v) is 1.42. The Morgan fingerprint density at radius 3 is 2.79 bits per heavy atom. The Balaban J connectivity index is 2.37. The average Bonchev–Trinajstić information content (AvgIpc) is 2.68. The van der Waals surface area contributed by atoms with Crippen molar-refractivity contribution in [1.82, 2.24) is 15.2 Å². The normalized spacial score (nSPS) is 10.4. The molecule has 0 unspecified atom stereocenters. The van der Waals surface area contributed by atoms with Gasteiger partial charge in [-0.05, 0) is 30.7 Å². The van der Waals surface area contributed by atoms with Crippen molar-refractivity contribution in [2.45, 2.75) is 6.42 Å². The van der Waals surface area contributed by atoms with Crippen LogP contribution < -0.4 is 5.73 Å². The van der Waals surface area contributed by atoms with Crippen LogP contribution >= 0.6 is 0 Å². The predicted molar refractivity (Wildman–Crippen MR) is 54.6 cm³/mol. The van der Waals surface area contributed by atoms with E-state index in [9.17, 15) is 0 Å². The summed E-state index contributed by atoms with van der Waals surface area (Å²) in [6.45, 7) is 0.637. The Morgan fingerprint density at radius 1 is 1.29 bits per heavy atom. The molecule has 0 atom stereocenters. The molecule has 0 amide bonds. The van der Waals surface area contributed by atoms with Gasteiger partial charge in [-0.25, -0.2) is 0 Å². The van der Waals surface area contributed by atoms with Crippen LogP contribution in [0.15, 0.2) is 30.7 Å². The van der Waals surface area contributed by atoms with E-state index in [4.69, 9.17) is 5.73 Å². The Labute approximate surface area is 82.2 Å². The first-order valence-electron chi connectivity index (χ1n) is 4.54. The van der Waals surface area contributed by atoms with Gasteiger partial charge in [-0.15, -0.1) is 0 Å². The molecular formula is C10H12N4. The van der Waals surface area contributed by atoms with Crippen molar-refractivity contribution >= 4 is 0 Å². The number of nitrogens with one attached hydrogen (secondary N) is 1. The summed E-state index contributed by atoms with van der Waals surface area (Å²) in [5.74, 6) is 0. The summed E-state index contributed by atoms with van der Waals surface area (Å²) in [6, 6.07) is 3.90. The third-order valence-corrected chi connectivity index (χ3v) is 2.10. The van der Waals surface area contributed by atoms with Gasteiger partial charge >= 0.3 is 0 Å². The monoisotopic (exact) mass is 188 g/mol. The Hall–Kier alpha value is -1.68. The highest BCUT2D eigenvalue weighted by atomic mass is 15.1. The van der Waals surface area contributed by atoms with E-state index in [0.717, 1.165) is 23.2 Å². The van der Waals surface area contributed by atoms with Gasteiger partial charge in [0.05, 0.1) is 11.9 Å². The first kappa shape index (κ1) is 8.90. The van der Waals surface area contributed by atoms with E-state index in [2.05, 4.69) is 15.2 Å². The van der Waals surface area contributed by atoms with Gasteiger partial charge in [0.15, 0.2) is 0 Å². The minimum Gasteiger partial charge on any atom is -0.330 e. The van der Waals surface area contributed by atoms with Crippen LogP contribution in [0, 0.1) is 0 Å². The standard InChI is InChI=1S/C10H12N4/c11-4-1-9-7-13-14-10(9)8-2-5-12-6-3-8/h2-3,5-7H,1,4,11H2,(H,13,14). The van der Waals surface area contributed by atoms with E-state index in [0.29, 0.717) is 6.54 Å². The molecule has 2 heterocycles. The second-order valence-corrected chi connectivity index (χ2v) is 3.04. The summed E-state index contributed by atoms with van der Waals surface area (Å²) < 4.78 is 0. The second kappa shape index (κ2) is 4.02. The van der Waals surface area contributed by atoms with Crippen LogP contribution in [-0.4, -0.2) is 21.7 Å². The van der Waals surface area contributed by atoms with Crippen molar-refractivity contribution in [2.75, 3.05) is 6.54 Å². The predicted octanol–water partition coefficient (Wildman–Crippen LogP) is 0.973. The van der Waals surface area contributed by atoms with Crippen molar-refractivity contribution in [2.24, 2.45) is 5.73 Å². The molecule has 0 aliphatic rings. The lowest BCUT2D eigenvalue weighted by Gasteiger charge is -2.00. The molecular weight excluding hydrogens is 176 g/mol. The summed E-state index contributed by atoms with van der Waals surface area (Å²) in [4.78, 5) is 3.97. The molecule has 72 valence electrons. The summed E-state index contributed by atoms with van der Waals surface area (Å²) in [7, 11) is 0. The maximum Gasteiger partial charge on any atom is 0.0683 e. The Kier molecular flexibility index (Phi) is 2.55. The average molecular weight is 188 g/mol. The molecule has 14 heavy (non-hydrogen) atoms. The summed E-state index contributed by atoms with van der Waals surface area (Å²) in [5, 5.41) is 6.99. The van der Waals surface area contributed by atoms with E-state index in [1.807, 2.05) is 18.3 Å². The maximum atomic E-state index is 5.51. The van der Waals surface area contributed by atoms with E-state index in [1.165, 1.54) is 0 Å². The van der Waals surface area contributed by atoms with Gasteiger partial charge in [0.25, 0.3) is 0 Å². The van der Waals surface area contributed by atoms with Gasteiger partial charge in [0.1, 0.15) is 0 Å². The highest BCUT2D eigenvalue weighted by Crippen LogP contribution is 2.19. The molecule has 0 fully saturated rings. The van der Waals surface area contributed by atoms with E-state index in [1.54, 1.807) is 12.4 Å². The summed E-state index contributed by atoms with van der Waals surface area (Å²) in [6.07, 6.45) is 6.20. The first-order chi connectivity index (χ1) is 6.92.